The summed E-state index contributed by atoms with van der Waals surface area (Å²) in [6.07, 6.45) is 0.684. The molecular weight excluding hydrogens is 408 g/mol. The predicted molar refractivity (Wildman–Crippen MR) is 115 cm³/mol. The molecule has 0 spiro atoms. The van der Waals surface area contributed by atoms with Crippen LogP contribution in [0.3, 0.4) is 0 Å². The minimum atomic E-state index is -3.73. The second kappa shape index (κ2) is 7.53. The molecule has 0 saturated carbocycles. The highest BCUT2D eigenvalue weighted by Gasteiger charge is 2.27. The van der Waals surface area contributed by atoms with Gasteiger partial charge < -0.3 is 9.64 Å². The topological polar surface area (TPSA) is 75.7 Å². The number of thiophene rings is 1. The van der Waals surface area contributed by atoms with E-state index in [-0.39, 0.29) is 10.8 Å². The van der Waals surface area contributed by atoms with Crippen molar-refractivity contribution in [1.82, 2.24) is 0 Å². The van der Waals surface area contributed by atoms with Crippen molar-refractivity contribution in [1.29, 1.82) is 0 Å². The first-order valence-electron chi connectivity index (χ1n) is 9.05. The zero-order valence-corrected chi connectivity index (χ0v) is 17.6. The molecule has 1 aliphatic heterocycles. The number of rotatable bonds is 5. The van der Waals surface area contributed by atoms with Crippen LogP contribution in [0.5, 0.6) is 5.75 Å². The lowest BCUT2D eigenvalue weighted by Crippen LogP contribution is -2.28. The number of carbonyl (C=O) groups is 1. The highest BCUT2D eigenvalue weighted by Crippen LogP contribution is 2.33. The van der Waals surface area contributed by atoms with Gasteiger partial charge in [0.2, 0.25) is 0 Å². The number of aryl methyl sites for hydroxylation is 1. The van der Waals surface area contributed by atoms with E-state index in [0.717, 1.165) is 16.8 Å². The van der Waals surface area contributed by atoms with E-state index in [2.05, 4.69) is 4.72 Å². The normalized spacial score (nSPS) is 13.2. The van der Waals surface area contributed by atoms with E-state index < -0.39 is 10.0 Å². The van der Waals surface area contributed by atoms with Gasteiger partial charge in [-0.1, -0.05) is 6.07 Å². The summed E-state index contributed by atoms with van der Waals surface area (Å²) in [4.78, 5) is 15.3. The largest absolute Gasteiger partial charge is 0.496 e. The Hall–Kier alpha value is -2.84. The summed E-state index contributed by atoms with van der Waals surface area (Å²) >= 11 is 1.41. The second-order valence-electron chi connectivity index (χ2n) is 6.76. The van der Waals surface area contributed by atoms with Gasteiger partial charge in [0.1, 0.15) is 5.75 Å². The third-order valence-electron chi connectivity index (χ3n) is 4.88. The SMILES string of the molecule is COc1ccc(S(=O)(=O)Nc2ccc3c(c2)CCN3C(=O)c2cccs2)cc1C. The molecule has 2 aromatic carbocycles. The summed E-state index contributed by atoms with van der Waals surface area (Å²) in [5.74, 6) is 0.609. The molecular formula is C21H20N2O4S2. The molecule has 4 rings (SSSR count). The minimum Gasteiger partial charge on any atom is -0.496 e. The number of fused-ring (bicyclic) bond motifs is 1. The Balaban J connectivity index is 1.57. The summed E-state index contributed by atoms with van der Waals surface area (Å²) in [6, 6.07) is 13.7. The molecule has 150 valence electrons. The first-order chi connectivity index (χ1) is 13.9. The van der Waals surface area contributed by atoms with Crippen molar-refractivity contribution in [3.8, 4) is 5.75 Å². The molecule has 0 unspecified atom stereocenters. The number of nitrogens with zero attached hydrogens (tertiary/aromatic N) is 1. The lowest BCUT2D eigenvalue weighted by Gasteiger charge is -2.17. The summed E-state index contributed by atoms with van der Waals surface area (Å²) in [6.45, 7) is 2.38. The van der Waals surface area contributed by atoms with Gasteiger partial charge in [0.05, 0.1) is 16.9 Å². The van der Waals surface area contributed by atoms with E-state index in [1.165, 1.54) is 17.4 Å². The Kier molecular flexibility index (Phi) is 5.06. The molecule has 0 saturated heterocycles. The third kappa shape index (κ3) is 3.73. The molecule has 2 heterocycles. The fraction of sp³-hybridized carbons (Fsp3) is 0.190. The van der Waals surface area contributed by atoms with Gasteiger partial charge in [-0.25, -0.2) is 8.42 Å². The maximum atomic E-state index is 12.8. The molecule has 1 aliphatic rings. The molecule has 0 atom stereocenters. The van der Waals surface area contributed by atoms with E-state index in [1.54, 1.807) is 49.3 Å². The molecule has 1 amide bonds. The highest BCUT2D eigenvalue weighted by molar-refractivity contribution is 7.92. The number of amides is 1. The van der Waals surface area contributed by atoms with Gasteiger partial charge in [-0.3, -0.25) is 9.52 Å². The predicted octanol–water partition coefficient (Wildman–Crippen LogP) is 4.07. The molecule has 1 aromatic heterocycles. The number of hydrogen-bond acceptors (Lipinski definition) is 5. The smallest absolute Gasteiger partial charge is 0.268 e. The van der Waals surface area contributed by atoms with Gasteiger partial charge in [-0.15, -0.1) is 11.3 Å². The number of sulfonamides is 1. The Bertz CT molecular complexity index is 1170. The van der Waals surface area contributed by atoms with E-state index >= 15 is 0 Å². The van der Waals surface area contributed by atoms with Crippen molar-refractivity contribution in [2.24, 2.45) is 0 Å². The lowest BCUT2D eigenvalue weighted by atomic mass is 10.1. The van der Waals surface area contributed by atoms with Crippen LogP contribution in [-0.2, 0) is 16.4 Å². The summed E-state index contributed by atoms with van der Waals surface area (Å²) < 4.78 is 33.4. The average Bonchev–Trinajstić information content (AvgIpc) is 3.37. The molecule has 8 heteroatoms. The molecule has 0 radical (unpaired) electrons. The standard InChI is InChI=1S/C21H20N2O4S2/c1-14-12-17(6-8-19(14)27-2)29(25,26)22-16-5-7-18-15(13-16)9-10-23(18)21(24)20-4-3-11-28-20/h3-8,11-13,22H,9-10H2,1-2H3. The first kappa shape index (κ1) is 19.5. The molecule has 0 bridgehead atoms. The fourth-order valence-electron chi connectivity index (χ4n) is 3.44. The van der Waals surface area contributed by atoms with E-state index in [1.807, 2.05) is 17.5 Å². The van der Waals surface area contributed by atoms with Crippen LogP contribution in [0.25, 0.3) is 0 Å². The van der Waals surface area contributed by atoms with E-state index in [9.17, 15) is 13.2 Å². The molecule has 0 fully saturated rings. The van der Waals surface area contributed by atoms with Gasteiger partial charge in [-0.05, 0) is 72.3 Å². The van der Waals surface area contributed by atoms with Crippen LogP contribution < -0.4 is 14.4 Å². The molecule has 6 nitrogen and oxygen atoms in total. The maximum absolute atomic E-state index is 12.8. The number of anilines is 2. The van der Waals surface area contributed by atoms with Crippen molar-refractivity contribution in [2.45, 2.75) is 18.2 Å². The average molecular weight is 429 g/mol. The van der Waals surface area contributed by atoms with Crippen LogP contribution in [0.2, 0.25) is 0 Å². The monoisotopic (exact) mass is 428 g/mol. The van der Waals surface area contributed by atoms with Crippen molar-refractivity contribution < 1.29 is 17.9 Å². The minimum absolute atomic E-state index is 0.0270. The molecule has 3 aromatic rings. The Morgan fingerprint density at radius 3 is 2.69 bits per heavy atom. The number of hydrogen-bond donors (Lipinski definition) is 1. The number of methoxy groups -OCH3 is 1. The van der Waals surface area contributed by atoms with Gasteiger partial charge in [0.25, 0.3) is 15.9 Å². The maximum Gasteiger partial charge on any atom is 0.268 e. The highest BCUT2D eigenvalue weighted by atomic mass is 32.2. The number of benzene rings is 2. The van der Waals surface area contributed by atoms with Crippen LogP contribution in [0, 0.1) is 6.92 Å². The zero-order valence-electron chi connectivity index (χ0n) is 16.0. The van der Waals surface area contributed by atoms with Crippen LogP contribution >= 0.6 is 11.3 Å². The Morgan fingerprint density at radius 1 is 1.17 bits per heavy atom. The Morgan fingerprint density at radius 2 is 2.00 bits per heavy atom. The van der Waals surface area contributed by atoms with Crippen molar-refractivity contribution in [2.75, 3.05) is 23.3 Å². The van der Waals surface area contributed by atoms with Crippen LogP contribution in [-0.4, -0.2) is 28.0 Å². The van der Waals surface area contributed by atoms with Gasteiger partial charge in [0, 0.05) is 17.9 Å². The first-order valence-corrected chi connectivity index (χ1v) is 11.4. The van der Waals surface area contributed by atoms with Crippen molar-refractivity contribution in [3.63, 3.8) is 0 Å². The second-order valence-corrected chi connectivity index (χ2v) is 9.39. The summed E-state index contributed by atoms with van der Waals surface area (Å²) in [5, 5.41) is 1.88. The van der Waals surface area contributed by atoms with E-state index in [0.29, 0.717) is 29.3 Å². The quantitative estimate of drug-likeness (QED) is 0.665. The number of nitrogens with one attached hydrogen (secondary N) is 1. The van der Waals surface area contributed by atoms with Crippen LogP contribution in [0.4, 0.5) is 11.4 Å². The van der Waals surface area contributed by atoms with Crippen LogP contribution in [0.15, 0.2) is 58.8 Å². The van der Waals surface area contributed by atoms with E-state index in [4.69, 9.17) is 4.74 Å². The number of ether oxygens (including phenoxy) is 1. The lowest BCUT2D eigenvalue weighted by molar-refractivity contribution is 0.0993. The molecule has 1 N–H and O–H groups in total. The van der Waals surface area contributed by atoms with Crippen molar-refractivity contribution >= 4 is 38.6 Å². The Labute approximate surface area is 173 Å². The van der Waals surface area contributed by atoms with Gasteiger partial charge in [0.15, 0.2) is 0 Å². The number of carbonyl (C=O) groups excluding carboxylic acids is 1. The summed E-state index contributed by atoms with van der Waals surface area (Å²) in [5.41, 5.74) is 2.99. The van der Waals surface area contributed by atoms with Gasteiger partial charge in [-0.2, -0.15) is 0 Å². The van der Waals surface area contributed by atoms with Gasteiger partial charge >= 0.3 is 0 Å². The van der Waals surface area contributed by atoms with Crippen LogP contribution in [0.1, 0.15) is 20.8 Å². The molecule has 0 aliphatic carbocycles. The van der Waals surface area contributed by atoms with Crippen molar-refractivity contribution in [3.05, 3.63) is 69.9 Å². The molecule has 29 heavy (non-hydrogen) atoms. The summed E-state index contributed by atoms with van der Waals surface area (Å²) in [7, 11) is -2.18. The zero-order chi connectivity index (χ0) is 20.6. The fourth-order valence-corrected chi connectivity index (χ4v) is 5.25. The third-order valence-corrected chi connectivity index (χ3v) is 7.12.